The average Bonchev–Trinajstić information content (AvgIpc) is 3.27. The Morgan fingerprint density at radius 3 is 2.47 bits per heavy atom. The molecular weight excluding hydrogens is 380 g/mol. The Morgan fingerprint density at radius 1 is 1.00 bits per heavy atom. The van der Waals surface area contributed by atoms with Gasteiger partial charge in [-0.15, -0.1) is 0 Å². The average molecular weight is 406 g/mol. The molecule has 8 heteroatoms. The Bertz CT molecular complexity index is 943. The van der Waals surface area contributed by atoms with Gasteiger partial charge in [0.1, 0.15) is 12.7 Å². The quantitative estimate of drug-likeness (QED) is 0.570. The van der Waals surface area contributed by atoms with Crippen molar-refractivity contribution in [2.75, 3.05) is 13.6 Å². The molecule has 0 unspecified atom stereocenters. The van der Waals surface area contributed by atoms with E-state index in [4.69, 9.17) is 0 Å². The first-order valence-corrected chi connectivity index (χ1v) is 9.80. The van der Waals surface area contributed by atoms with Gasteiger partial charge in [-0.05, 0) is 16.7 Å². The normalized spacial score (nSPS) is 10.4. The number of amides is 3. The fourth-order valence-corrected chi connectivity index (χ4v) is 3.00. The molecule has 3 amide bonds. The van der Waals surface area contributed by atoms with Crippen molar-refractivity contribution in [2.24, 2.45) is 0 Å². The Hall–Kier alpha value is -3.68. The molecule has 0 aliphatic rings. The Morgan fingerprint density at radius 2 is 1.73 bits per heavy atom. The van der Waals surface area contributed by atoms with Gasteiger partial charge in [0.05, 0.1) is 6.54 Å². The van der Waals surface area contributed by atoms with E-state index in [0.29, 0.717) is 19.6 Å². The standard InChI is InChI=1S/C22H26N6O2/c1-27(14-18-7-3-2-4-8-18)22(30)24-12-11-21(29)25-13-19-9-5-6-10-20(19)15-28-17-23-16-26-28/h2-10,16-17H,11-15H2,1H3,(H,24,30)(H,25,29). The number of nitrogens with zero attached hydrogens (tertiary/aromatic N) is 4. The minimum Gasteiger partial charge on any atom is -0.352 e. The van der Waals surface area contributed by atoms with Gasteiger partial charge in [-0.25, -0.2) is 14.5 Å². The zero-order valence-corrected chi connectivity index (χ0v) is 17.0. The molecule has 3 rings (SSSR count). The molecule has 0 aliphatic carbocycles. The van der Waals surface area contributed by atoms with E-state index in [1.54, 1.807) is 23.0 Å². The highest BCUT2D eigenvalue weighted by Gasteiger charge is 2.10. The highest BCUT2D eigenvalue weighted by molar-refractivity contribution is 5.78. The first kappa shape index (κ1) is 21.0. The van der Waals surface area contributed by atoms with Crippen LogP contribution >= 0.6 is 0 Å². The molecule has 2 aromatic carbocycles. The lowest BCUT2D eigenvalue weighted by Crippen LogP contribution is -2.38. The minimum atomic E-state index is -0.204. The van der Waals surface area contributed by atoms with E-state index in [1.165, 1.54) is 6.33 Å². The van der Waals surface area contributed by atoms with E-state index in [2.05, 4.69) is 20.7 Å². The number of hydrogen-bond donors (Lipinski definition) is 2. The van der Waals surface area contributed by atoms with Crippen LogP contribution in [-0.4, -0.2) is 45.2 Å². The maximum Gasteiger partial charge on any atom is 0.317 e. The summed E-state index contributed by atoms with van der Waals surface area (Å²) in [5.41, 5.74) is 3.14. The van der Waals surface area contributed by atoms with Crippen molar-refractivity contribution in [3.05, 3.63) is 83.9 Å². The van der Waals surface area contributed by atoms with E-state index < -0.39 is 0 Å². The lowest BCUT2D eigenvalue weighted by Gasteiger charge is -2.18. The Balaban J connectivity index is 1.39. The molecule has 0 radical (unpaired) electrons. The van der Waals surface area contributed by atoms with E-state index in [-0.39, 0.29) is 24.9 Å². The number of benzene rings is 2. The van der Waals surface area contributed by atoms with Crippen molar-refractivity contribution in [1.29, 1.82) is 0 Å². The van der Waals surface area contributed by atoms with Gasteiger partial charge < -0.3 is 15.5 Å². The zero-order valence-electron chi connectivity index (χ0n) is 17.0. The molecule has 0 aliphatic heterocycles. The van der Waals surface area contributed by atoms with Crippen molar-refractivity contribution in [3.63, 3.8) is 0 Å². The van der Waals surface area contributed by atoms with Crippen LogP contribution in [0.1, 0.15) is 23.1 Å². The van der Waals surface area contributed by atoms with Gasteiger partial charge >= 0.3 is 6.03 Å². The number of carbonyl (C=O) groups excluding carboxylic acids is 2. The van der Waals surface area contributed by atoms with E-state index in [0.717, 1.165) is 16.7 Å². The summed E-state index contributed by atoms with van der Waals surface area (Å²) in [6.07, 6.45) is 3.37. The molecular formula is C22H26N6O2. The van der Waals surface area contributed by atoms with Crippen molar-refractivity contribution in [3.8, 4) is 0 Å². The van der Waals surface area contributed by atoms with Crippen LogP contribution in [-0.2, 0) is 24.4 Å². The molecule has 0 fully saturated rings. The third kappa shape index (κ3) is 6.44. The molecule has 0 atom stereocenters. The minimum absolute atomic E-state index is 0.114. The van der Waals surface area contributed by atoms with Crippen LogP contribution < -0.4 is 10.6 Å². The Labute approximate surface area is 175 Å². The van der Waals surface area contributed by atoms with E-state index >= 15 is 0 Å². The maximum absolute atomic E-state index is 12.2. The lowest BCUT2D eigenvalue weighted by atomic mass is 10.1. The number of urea groups is 1. The van der Waals surface area contributed by atoms with Crippen LogP contribution in [0.25, 0.3) is 0 Å². The summed E-state index contributed by atoms with van der Waals surface area (Å²) >= 11 is 0. The number of rotatable bonds is 9. The molecule has 0 saturated heterocycles. The molecule has 30 heavy (non-hydrogen) atoms. The molecule has 1 heterocycles. The van der Waals surface area contributed by atoms with E-state index in [9.17, 15) is 9.59 Å². The van der Waals surface area contributed by atoms with Crippen LogP contribution in [0.2, 0.25) is 0 Å². The Kier molecular flexibility index (Phi) is 7.54. The van der Waals surface area contributed by atoms with Crippen molar-refractivity contribution in [2.45, 2.75) is 26.1 Å². The fourth-order valence-electron chi connectivity index (χ4n) is 3.00. The molecule has 0 bridgehead atoms. The van der Waals surface area contributed by atoms with Crippen LogP contribution in [0, 0.1) is 0 Å². The SMILES string of the molecule is CN(Cc1ccccc1)C(=O)NCCC(=O)NCc1ccccc1Cn1cncn1. The van der Waals surface area contributed by atoms with Crippen molar-refractivity contribution in [1.82, 2.24) is 30.3 Å². The molecule has 0 spiro atoms. The maximum atomic E-state index is 12.2. The smallest absolute Gasteiger partial charge is 0.317 e. The monoisotopic (exact) mass is 406 g/mol. The third-order valence-corrected chi connectivity index (χ3v) is 4.63. The summed E-state index contributed by atoms with van der Waals surface area (Å²) in [5, 5.41) is 9.81. The largest absolute Gasteiger partial charge is 0.352 e. The third-order valence-electron chi connectivity index (χ3n) is 4.63. The highest BCUT2D eigenvalue weighted by atomic mass is 16.2. The first-order valence-electron chi connectivity index (χ1n) is 9.80. The van der Waals surface area contributed by atoms with Gasteiger partial charge in [-0.2, -0.15) is 5.10 Å². The highest BCUT2D eigenvalue weighted by Crippen LogP contribution is 2.10. The van der Waals surface area contributed by atoms with Crippen LogP contribution in [0.15, 0.2) is 67.3 Å². The summed E-state index contributed by atoms with van der Waals surface area (Å²) in [5.74, 6) is -0.114. The second-order valence-corrected chi connectivity index (χ2v) is 6.96. The second kappa shape index (κ2) is 10.8. The predicted molar refractivity (Wildman–Crippen MR) is 113 cm³/mol. The van der Waals surface area contributed by atoms with Crippen LogP contribution in [0.3, 0.4) is 0 Å². The van der Waals surface area contributed by atoms with Crippen molar-refractivity contribution < 1.29 is 9.59 Å². The van der Waals surface area contributed by atoms with Gasteiger partial charge in [0, 0.05) is 33.1 Å². The van der Waals surface area contributed by atoms with Gasteiger partial charge in [0.15, 0.2) is 0 Å². The predicted octanol–water partition coefficient (Wildman–Crippen LogP) is 2.17. The summed E-state index contributed by atoms with van der Waals surface area (Å²) in [7, 11) is 1.73. The van der Waals surface area contributed by atoms with Gasteiger partial charge in [-0.1, -0.05) is 54.6 Å². The molecule has 8 nitrogen and oxygen atoms in total. The summed E-state index contributed by atoms with van der Waals surface area (Å²) in [6.45, 7) is 1.81. The number of nitrogens with one attached hydrogen (secondary N) is 2. The summed E-state index contributed by atoms with van der Waals surface area (Å²) in [4.78, 5) is 29.9. The van der Waals surface area contributed by atoms with Gasteiger partial charge in [0.2, 0.25) is 5.91 Å². The molecule has 1 aromatic heterocycles. The second-order valence-electron chi connectivity index (χ2n) is 6.96. The topological polar surface area (TPSA) is 92.2 Å². The van der Waals surface area contributed by atoms with Crippen LogP contribution in [0.4, 0.5) is 4.79 Å². The van der Waals surface area contributed by atoms with E-state index in [1.807, 2.05) is 54.6 Å². The molecule has 0 saturated carbocycles. The van der Waals surface area contributed by atoms with Crippen LogP contribution in [0.5, 0.6) is 0 Å². The molecule has 2 N–H and O–H groups in total. The number of aromatic nitrogens is 3. The summed E-state index contributed by atoms with van der Waals surface area (Å²) < 4.78 is 1.74. The number of hydrogen-bond acceptors (Lipinski definition) is 4. The first-order chi connectivity index (χ1) is 14.6. The fraction of sp³-hybridized carbons (Fsp3) is 0.273. The summed E-state index contributed by atoms with van der Waals surface area (Å²) in [6, 6.07) is 17.4. The van der Waals surface area contributed by atoms with Crippen molar-refractivity contribution >= 4 is 11.9 Å². The zero-order chi connectivity index (χ0) is 21.2. The van der Waals surface area contributed by atoms with Gasteiger partial charge in [0.25, 0.3) is 0 Å². The molecule has 3 aromatic rings. The molecule has 156 valence electrons. The lowest BCUT2D eigenvalue weighted by molar-refractivity contribution is -0.121. The van der Waals surface area contributed by atoms with Gasteiger partial charge in [-0.3, -0.25) is 4.79 Å². The number of carbonyl (C=O) groups is 2.